The molecule has 1 fully saturated rings. The van der Waals surface area contributed by atoms with Crippen LogP contribution in [0.25, 0.3) is 0 Å². The average molecular weight is 307 g/mol. The van der Waals surface area contributed by atoms with Crippen LogP contribution in [0, 0.1) is 0 Å². The summed E-state index contributed by atoms with van der Waals surface area (Å²) in [5.74, 6) is 2.02. The molecule has 2 atom stereocenters. The van der Waals surface area contributed by atoms with Crippen molar-refractivity contribution in [2.75, 3.05) is 33.5 Å². The van der Waals surface area contributed by atoms with Crippen LogP contribution in [-0.2, 0) is 0 Å². The maximum atomic E-state index is 5.32. The van der Waals surface area contributed by atoms with Gasteiger partial charge < -0.3 is 15.0 Å². The number of hydrogen-bond donors (Lipinski definition) is 1. The minimum atomic E-state index is 0.260. The molecule has 4 nitrogen and oxygen atoms in total. The first-order valence-corrected chi connectivity index (χ1v) is 8.36. The van der Waals surface area contributed by atoms with Gasteiger partial charge in [0.25, 0.3) is 0 Å². The highest BCUT2D eigenvalue weighted by atomic mass is 32.2. The Balaban J connectivity index is 2.07. The molecule has 1 aliphatic heterocycles. The second kappa shape index (κ2) is 7.71. The first kappa shape index (κ1) is 16.2. The van der Waals surface area contributed by atoms with Gasteiger partial charge in [-0.3, -0.25) is 4.99 Å². The van der Waals surface area contributed by atoms with Crippen molar-refractivity contribution >= 4 is 16.9 Å². The molecule has 21 heavy (non-hydrogen) atoms. The fraction of sp³-hybridized carbons (Fsp3) is 0.562. The van der Waals surface area contributed by atoms with Crippen molar-refractivity contribution in [3.63, 3.8) is 0 Å². The number of benzene rings is 1. The predicted octanol–water partition coefficient (Wildman–Crippen LogP) is 2.77. The van der Waals surface area contributed by atoms with Crippen molar-refractivity contribution in [3.8, 4) is 5.75 Å². The van der Waals surface area contributed by atoms with Gasteiger partial charge in [0.1, 0.15) is 5.75 Å². The van der Waals surface area contributed by atoms with Crippen LogP contribution < -0.4 is 10.1 Å². The van der Waals surface area contributed by atoms with Crippen LogP contribution in [0.3, 0.4) is 0 Å². The zero-order valence-electron chi connectivity index (χ0n) is 13.3. The van der Waals surface area contributed by atoms with Gasteiger partial charge in [0, 0.05) is 11.8 Å². The highest BCUT2D eigenvalue weighted by Crippen LogP contribution is 2.24. The number of nitrogens with one attached hydrogen (secondary N) is 1. The van der Waals surface area contributed by atoms with E-state index < -0.39 is 0 Å². The normalized spacial score (nSPS) is 21.6. The van der Waals surface area contributed by atoms with Crippen molar-refractivity contribution in [3.05, 3.63) is 29.8 Å². The van der Waals surface area contributed by atoms with Gasteiger partial charge in [-0.25, -0.2) is 0 Å². The van der Waals surface area contributed by atoms with Gasteiger partial charge in [0.15, 0.2) is 5.17 Å². The lowest BCUT2D eigenvalue weighted by molar-refractivity contribution is 0.305. The van der Waals surface area contributed by atoms with Crippen molar-refractivity contribution < 1.29 is 4.74 Å². The number of likely N-dealkylation sites (N-methyl/N-ethyl adjacent to an activating group) is 1. The molecule has 0 amide bonds. The number of thioether (sulfide) groups is 1. The highest BCUT2D eigenvalue weighted by molar-refractivity contribution is 8.14. The topological polar surface area (TPSA) is 36.9 Å². The Morgan fingerprint density at radius 1 is 1.48 bits per heavy atom. The Hall–Kier alpha value is -1.20. The molecule has 1 heterocycles. The molecule has 1 N–H and O–H groups in total. The van der Waals surface area contributed by atoms with E-state index in [0.717, 1.165) is 29.6 Å². The van der Waals surface area contributed by atoms with Gasteiger partial charge in [-0.1, -0.05) is 30.8 Å². The Labute approximate surface area is 132 Å². The number of aliphatic imine (C=N–C) groups is 1. The molecule has 0 saturated carbocycles. The third-order valence-corrected chi connectivity index (χ3v) is 4.84. The molecule has 0 radical (unpaired) electrons. The smallest absolute Gasteiger partial charge is 0.156 e. The van der Waals surface area contributed by atoms with E-state index in [-0.39, 0.29) is 6.04 Å². The zero-order valence-corrected chi connectivity index (χ0v) is 14.1. The molecule has 0 bridgehead atoms. The van der Waals surface area contributed by atoms with Crippen molar-refractivity contribution in [2.45, 2.75) is 25.4 Å². The van der Waals surface area contributed by atoms with Crippen LogP contribution in [0.2, 0.25) is 0 Å². The summed E-state index contributed by atoms with van der Waals surface area (Å²) >= 11 is 1.83. The molecule has 1 aliphatic rings. The summed E-state index contributed by atoms with van der Waals surface area (Å²) in [7, 11) is 5.89. The number of rotatable bonds is 6. The van der Waals surface area contributed by atoms with Gasteiger partial charge in [-0.05, 0) is 38.2 Å². The van der Waals surface area contributed by atoms with E-state index in [1.54, 1.807) is 7.11 Å². The van der Waals surface area contributed by atoms with E-state index in [0.29, 0.717) is 6.04 Å². The standard InChI is InChI=1S/C16H25N3OS/c1-5-13-11-21-16(18-13)17-10-15(19(2)3)12-7-6-8-14(9-12)20-4/h6-9,13,15H,5,10-11H2,1-4H3,(H,17,18). The molecule has 2 rings (SSSR count). The number of methoxy groups -OCH3 is 1. The summed E-state index contributed by atoms with van der Waals surface area (Å²) in [5, 5.41) is 4.56. The maximum absolute atomic E-state index is 5.32. The first-order valence-electron chi connectivity index (χ1n) is 7.38. The summed E-state index contributed by atoms with van der Waals surface area (Å²) in [5.41, 5.74) is 1.23. The zero-order chi connectivity index (χ0) is 15.2. The summed E-state index contributed by atoms with van der Waals surface area (Å²) in [6.45, 7) is 2.96. The molecular formula is C16H25N3OS. The third-order valence-electron chi connectivity index (χ3n) is 3.75. The minimum Gasteiger partial charge on any atom is -0.497 e. The number of hydrogen-bond acceptors (Lipinski definition) is 4. The van der Waals surface area contributed by atoms with Crippen LogP contribution in [0.4, 0.5) is 0 Å². The Morgan fingerprint density at radius 3 is 2.90 bits per heavy atom. The SMILES string of the molecule is CCC1CSC(=NCC(c2cccc(OC)c2)N(C)C)N1. The van der Waals surface area contributed by atoms with Crippen LogP contribution >= 0.6 is 11.8 Å². The number of ether oxygens (including phenoxy) is 1. The van der Waals surface area contributed by atoms with Gasteiger partial charge in [-0.15, -0.1) is 0 Å². The third kappa shape index (κ3) is 4.38. The second-order valence-electron chi connectivity index (χ2n) is 5.46. The molecule has 2 unspecified atom stereocenters. The quantitative estimate of drug-likeness (QED) is 0.877. The largest absolute Gasteiger partial charge is 0.497 e. The van der Waals surface area contributed by atoms with Crippen LogP contribution in [0.1, 0.15) is 24.9 Å². The fourth-order valence-electron chi connectivity index (χ4n) is 2.33. The summed E-state index contributed by atoms with van der Waals surface area (Å²) < 4.78 is 5.32. The van der Waals surface area contributed by atoms with Gasteiger partial charge in [0.05, 0.1) is 19.7 Å². The molecule has 5 heteroatoms. The molecule has 1 aromatic rings. The van der Waals surface area contributed by atoms with Crippen LogP contribution in [0.15, 0.2) is 29.3 Å². The number of nitrogens with zero attached hydrogens (tertiary/aromatic N) is 2. The maximum Gasteiger partial charge on any atom is 0.156 e. The monoisotopic (exact) mass is 307 g/mol. The van der Waals surface area contributed by atoms with E-state index >= 15 is 0 Å². The van der Waals surface area contributed by atoms with Crippen molar-refractivity contribution in [2.24, 2.45) is 4.99 Å². The second-order valence-corrected chi connectivity index (χ2v) is 6.47. The van der Waals surface area contributed by atoms with E-state index in [9.17, 15) is 0 Å². The summed E-state index contributed by atoms with van der Waals surface area (Å²) in [6.07, 6.45) is 1.15. The molecule has 0 aliphatic carbocycles. The van der Waals surface area contributed by atoms with Crippen molar-refractivity contribution in [1.82, 2.24) is 10.2 Å². The lowest BCUT2D eigenvalue weighted by Gasteiger charge is -2.23. The average Bonchev–Trinajstić information content (AvgIpc) is 2.95. The number of amidine groups is 1. The Bertz CT molecular complexity index is 490. The minimum absolute atomic E-state index is 0.260. The fourth-order valence-corrected chi connectivity index (χ4v) is 3.43. The van der Waals surface area contributed by atoms with Crippen LogP contribution in [-0.4, -0.2) is 49.6 Å². The van der Waals surface area contributed by atoms with E-state index in [2.05, 4.69) is 43.4 Å². The predicted molar refractivity (Wildman–Crippen MR) is 91.4 cm³/mol. The van der Waals surface area contributed by atoms with E-state index in [4.69, 9.17) is 9.73 Å². The van der Waals surface area contributed by atoms with Gasteiger partial charge in [-0.2, -0.15) is 0 Å². The van der Waals surface area contributed by atoms with Gasteiger partial charge in [0.2, 0.25) is 0 Å². The molecule has 116 valence electrons. The molecule has 0 aromatic heterocycles. The van der Waals surface area contributed by atoms with Crippen LogP contribution in [0.5, 0.6) is 5.75 Å². The molecule has 0 spiro atoms. The Morgan fingerprint density at radius 2 is 2.29 bits per heavy atom. The summed E-state index contributed by atoms with van der Waals surface area (Å²) in [6, 6.07) is 9.07. The summed E-state index contributed by atoms with van der Waals surface area (Å²) in [4.78, 5) is 6.96. The van der Waals surface area contributed by atoms with E-state index in [1.807, 2.05) is 23.9 Å². The Kier molecular flexibility index (Phi) is 5.94. The van der Waals surface area contributed by atoms with Crippen molar-refractivity contribution in [1.29, 1.82) is 0 Å². The highest BCUT2D eigenvalue weighted by Gasteiger charge is 2.20. The molecule has 1 aromatic carbocycles. The molecule has 1 saturated heterocycles. The lowest BCUT2D eigenvalue weighted by atomic mass is 10.1. The van der Waals surface area contributed by atoms with E-state index in [1.165, 1.54) is 5.56 Å². The lowest BCUT2D eigenvalue weighted by Crippen LogP contribution is -2.27. The van der Waals surface area contributed by atoms with Gasteiger partial charge >= 0.3 is 0 Å². The molecular weight excluding hydrogens is 282 g/mol. The first-order chi connectivity index (χ1) is 10.1.